The maximum atomic E-state index is 11.8. The van der Waals surface area contributed by atoms with E-state index in [1.807, 2.05) is 0 Å². The number of alkyl halides is 2. The number of rotatable bonds is 4. The molecule has 0 aromatic heterocycles. The number of ether oxygens (including phenoxy) is 1. The van der Waals surface area contributed by atoms with Crippen LogP contribution in [0.4, 0.5) is 8.78 Å². The van der Waals surface area contributed by atoms with E-state index in [0.717, 1.165) is 6.07 Å². The average molecular weight is 215 g/mol. The van der Waals surface area contributed by atoms with Gasteiger partial charge in [-0.1, -0.05) is 6.58 Å². The predicted molar refractivity (Wildman–Crippen MR) is 52.8 cm³/mol. The van der Waals surface area contributed by atoms with Crippen molar-refractivity contribution < 1.29 is 18.6 Å². The van der Waals surface area contributed by atoms with E-state index in [-0.39, 0.29) is 11.5 Å². The van der Waals surface area contributed by atoms with Crippen LogP contribution in [0.1, 0.15) is 5.56 Å². The molecule has 0 bridgehead atoms. The minimum atomic E-state index is -2.90. The summed E-state index contributed by atoms with van der Waals surface area (Å²) in [7, 11) is 1.64. The van der Waals surface area contributed by atoms with Gasteiger partial charge in [0.05, 0.1) is 0 Å². The van der Waals surface area contributed by atoms with Gasteiger partial charge in [0.15, 0.2) is 0 Å². The van der Waals surface area contributed by atoms with Crippen LogP contribution in [0.2, 0.25) is 0 Å². The van der Waals surface area contributed by atoms with Crippen LogP contribution in [0.25, 0.3) is 5.70 Å². The average Bonchev–Trinajstić information content (AvgIpc) is 2.16. The Labute approximate surface area is 86.0 Å². The molecule has 0 saturated heterocycles. The van der Waals surface area contributed by atoms with Gasteiger partial charge in [0.2, 0.25) is 0 Å². The highest BCUT2D eigenvalue weighted by Gasteiger charge is 2.08. The predicted octanol–water partition coefficient (Wildman–Crippen LogP) is 2.18. The number of phenols is 1. The van der Waals surface area contributed by atoms with E-state index in [1.54, 1.807) is 7.05 Å². The molecule has 2 N–H and O–H groups in total. The SMILES string of the molecule is C=C(NC)c1ccc(OC(F)F)cc1O. The van der Waals surface area contributed by atoms with Crippen molar-refractivity contribution in [1.82, 2.24) is 5.32 Å². The zero-order valence-electron chi connectivity index (χ0n) is 8.13. The first-order chi connectivity index (χ1) is 7.04. The maximum absolute atomic E-state index is 11.8. The smallest absolute Gasteiger partial charge is 0.387 e. The Balaban J connectivity index is 2.93. The van der Waals surface area contributed by atoms with Crippen molar-refractivity contribution >= 4 is 5.70 Å². The number of hydrogen-bond acceptors (Lipinski definition) is 3. The lowest BCUT2D eigenvalue weighted by Gasteiger charge is -2.09. The molecule has 0 aliphatic rings. The van der Waals surface area contributed by atoms with Crippen LogP contribution in [0.15, 0.2) is 24.8 Å². The molecule has 5 heteroatoms. The highest BCUT2D eigenvalue weighted by Crippen LogP contribution is 2.27. The van der Waals surface area contributed by atoms with Crippen molar-refractivity contribution in [2.75, 3.05) is 7.05 Å². The van der Waals surface area contributed by atoms with Crippen molar-refractivity contribution in [3.63, 3.8) is 0 Å². The Morgan fingerprint density at radius 2 is 2.20 bits per heavy atom. The lowest BCUT2D eigenvalue weighted by atomic mass is 10.1. The Morgan fingerprint density at radius 3 is 2.67 bits per heavy atom. The molecule has 0 saturated carbocycles. The summed E-state index contributed by atoms with van der Waals surface area (Å²) in [5, 5.41) is 12.2. The molecule has 0 aliphatic heterocycles. The largest absolute Gasteiger partial charge is 0.507 e. The molecule has 0 atom stereocenters. The van der Waals surface area contributed by atoms with Gasteiger partial charge in [-0.2, -0.15) is 8.78 Å². The number of nitrogens with one attached hydrogen (secondary N) is 1. The van der Waals surface area contributed by atoms with Crippen LogP contribution >= 0.6 is 0 Å². The Bertz CT molecular complexity index is 366. The molecule has 1 aromatic carbocycles. The quantitative estimate of drug-likeness (QED) is 0.808. The zero-order chi connectivity index (χ0) is 11.4. The lowest BCUT2D eigenvalue weighted by molar-refractivity contribution is -0.0499. The second-order valence-electron chi connectivity index (χ2n) is 2.79. The molecular formula is C10H11F2NO2. The Kier molecular flexibility index (Phi) is 3.49. The van der Waals surface area contributed by atoms with Gasteiger partial charge in [0.1, 0.15) is 11.5 Å². The summed E-state index contributed by atoms with van der Waals surface area (Å²) in [5.41, 5.74) is 0.940. The number of aromatic hydroxyl groups is 1. The minimum Gasteiger partial charge on any atom is -0.507 e. The molecule has 1 rings (SSSR count). The molecule has 0 fully saturated rings. The fraction of sp³-hybridized carbons (Fsp3) is 0.200. The fourth-order valence-corrected chi connectivity index (χ4v) is 1.08. The van der Waals surface area contributed by atoms with Gasteiger partial charge in [-0.05, 0) is 12.1 Å². The summed E-state index contributed by atoms with van der Waals surface area (Å²) >= 11 is 0. The second-order valence-corrected chi connectivity index (χ2v) is 2.79. The summed E-state index contributed by atoms with van der Waals surface area (Å²) in [6.45, 7) is 0.735. The summed E-state index contributed by atoms with van der Waals surface area (Å²) < 4.78 is 27.8. The highest BCUT2D eigenvalue weighted by atomic mass is 19.3. The molecule has 15 heavy (non-hydrogen) atoms. The number of benzene rings is 1. The second kappa shape index (κ2) is 4.63. The molecule has 0 unspecified atom stereocenters. The van der Waals surface area contributed by atoms with Crippen molar-refractivity contribution in [2.45, 2.75) is 6.61 Å². The molecule has 0 spiro atoms. The van der Waals surface area contributed by atoms with Gasteiger partial charge in [-0.3, -0.25) is 0 Å². The first kappa shape index (κ1) is 11.3. The third-order valence-corrected chi connectivity index (χ3v) is 1.82. The topological polar surface area (TPSA) is 41.5 Å². The van der Waals surface area contributed by atoms with Crippen LogP contribution in [-0.2, 0) is 0 Å². The standard InChI is InChI=1S/C10H11F2NO2/c1-6(13-2)8-4-3-7(5-9(8)14)15-10(11)12/h3-5,10,13-14H,1H2,2H3. The van der Waals surface area contributed by atoms with Crippen molar-refractivity contribution in [2.24, 2.45) is 0 Å². The van der Waals surface area contributed by atoms with Gasteiger partial charge in [0.25, 0.3) is 0 Å². The third kappa shape index (κ3) is 2.83. The lowest BCUT2D eigenvalue weighted by Crippen LogP contribution is -2.04. The number of halogens is 2. The van der Waals surface area contributed by atoms with E-state index in [1.165, 1.54) is 12.1 Å². The molecule has 3 nitrogen and oxygen atoms in total. The Morgan fingerprint density at radius 1 is 1.53 bits per heavy atom. The van der Waals surface area contributed by atoms with Crippen molar-refractivity contribution in [3.8, 4) is 11.5 Å². The van der Waals surface area contributed by atoms with Crippen molar-refractivity contribution in [1.29, 1.82) is 0 Å². The normalized spacial score (nSPS) is 10.1. The van der Waals surface area contributed by atoms with E-state index in [9.17, 15) is 13.9 Å². The first-order valence-electron chi connectivity index (χ1n) is 4.19. The van der Waals surface area contributed by atoms with Gasteiger partial charge < -0.3 is 15.2 Å². The van der Waals surface area contributed by atoms with Crippen molar-refractivity contribution in [3.05, 3.63) is 30.3 Å². The van der Waals surface area contributed by atoms with E-state index >= 15 is 0 Å². The molecule has 82 valence electrons. The zero-order valence-corrected chi connectivity index (χ0v) is 8.13. The van der Waals surface area contributed by atoms with Gasteiger partial charge in [0, 0.05) is 24.4 Å². The van der Waals surface area contributed by atoms with Crippen LogP contribution < -0.4 is 10.1 Å². The third-order valence-electron chi connectivity index (χ3n) is 1.82. The van der Waals surface area contributed by atoms with E-state index in [2.05, 4.69) is 16.6 Å². The summed E-state index contributed by atoms with van der Waals surface area (Å²) in [6, 6.07) is 3.90. The molecular weight excluding hydrogens is 204 g/mol. The maximum Gasteiger partial charge on any atom is 0.387 e. The van der Waals surface area contributed by atoms with E-state index < -0.39 is 6.61 Å². The van der Waals surface area contributed by atoms with Gasteiger partial charge in [-0.15, -0.1) is 0 Å². The molecule has 1 aromatic rings. The number of phenolic OH excluding ortho intramolecular Hbond substituents is 1. The molecule has 0 aliphatic carbocycles. The van der Waals surface area contributed by atoms with Crippen LogP contribution in [-0.4, -0.2) is 18.8 Å². The van der Waals surface area contributed by atoms with Gasteiger partial charge in [-0.25, -0.2) is 0 Å². The summed E-state index contributed by atoms with van der Waals surface area (Å²) in [4.78, 5) is 0. The minimum absolute atomic E-state index is 0.0878. The van der Waals surface area contributed by atoms with Crippen LogP contribution in [0.3, 0.4) is 0 Å². The monoisotopic (exact) mass is 215 g/mol. The van der Waals surface area contributed by atoms with Crippen LogP contribution in [0, 0.1) is 0 Å². The summed E-state index contributed by atoms with van der Waals surface area (Å²) in [5.74, 6) is -0.248. The number of hydrogen-bond donors (Lipinski definition) is 2. The van der Waals surface area contributed by atoms with Crippen LogP contribution in [0.5, 0.6) is 11.5 Å². The van der Waals surface area contributed by atoms with Gasteiger partial charge >= 0.3 is 6.61 Å². The fourth-order valence-electron chi connectivity index (χ4n) is 1.08. The first-order valence-corrected chi connectivity index (χ1v) is 4.19. The summed E-state index contributed by atoms with van der Waals surface area (Å²) in [6.07, 6.45) is 0. The molecule has 0 heterocycles. The highest BCUT2D eigenvalue weighted by molar-refractivity contribution is 5.67. The molecule has 0 radical (unpaired) electrons. The van der Waals surface area contributed by atoms with E-state index in [4.69, 9.17) is 0 Å². The Hall–Kier alpha value is -1.78. The van der Waals surface area contributed by atoms with E-state index in [0.29, 0.717) is 11.3 Å². The molecule has 0 amide bonds.